The van der Waals surface area contributed by atoms with E-state index in [0.717, 1.165) is 4.88 Å². The zero-order valence-corrected chi connectivity index (χ0v) is 11.2. The van der Waals surface area contributed by atoms with Gasteiger partial charge in [-0.1, -0.05) is 18.2 Å². The van der Waals surface area contributed by atoms with Crippen molar-refractivity contribution >= 4 is 23.0 Å². The van der Waals surface area contributed by atoms with Crippen molar-refractivity contribution in [3.05, 3.63) is 61.8 Å². The third-order valence-corrected chi connectivity index (χ3v) is 3.61. The Balaban J connectivity index is 2.16. The number of hydrogen-bond acceptors (Lipinski definition) is 5. The Morgan fingerprint density at radius 2 is 2.10 bits per heavy atom. The largest absolute Gasteiger partial charge is 0.477 e. The number of nitrogens with one attached hydrogen (secondary N) is 1. The lowest BCUT2D eigenvalue weighted by Crippen LogP contribution is -2.16. The Morgan fingerprint density at radius 1 is 1.30 bits per heavy atom. The Hall–Kier alpha value is -2.25. The van der Waals surface area contributed by atoms with Gasteiger partial charge in [-0.3, -0.25) is 10.1 Å². The van der Waals surface area contributed by atoms with Crippen LogP contribution in [0.15, 0.2) is 35.7 Å². The molecule has 2 aromatic rings. The fourth-order valence-electron chi connectivity index (χ4n) is 1.87. The van der Waals surface area contributed by atoms with Crippen LogP contribution < -0.4 is 5.32 Å². The molecule has 0 aliphatic heterocycles. The monoisotopic (exact) mass is 292 g/mol. The SMILES string of the molecule is O=C(O)c1c(CNCc2cccs2)cccc1[N+](=O)[O-]. The molecule has 20 heavy (non-hydrogen) atoms. The summed E-state index contributed by atoms with van der Waals surface area (Å²) in [6.07, 6.45) is 0. The first-order valence-electron chi connectivity index (χ1n) is 5.82. The number of benzene rings is 1. The molecule has 1 aromatic carbocycles. The van der Waals surface area contributed by atoms with Gasteiger partial charge in [0, 0.05) is 24.0 Å². The molecule has 0 bridgehead atoms. The van der Waals surface area contributed by atoms with Crippen molar-refractivity contribution < 1.29 is 14.8 Å². The summed E-state index contributed by atoms with van der Waals surface area (Å²) in [6.45, 7) is 0.862. The van der Waals surface area contributed by atoms with Crippen molar-refractivity contribution in [2.24, 2.45) is 0 Å². The summed E-state index contributed by atoms with van der Waals surface area (Å²) < 4.78 is 0. The van der Waals surface area contributed by atoms with Crippen molar-refractivity contribution in [3.63, 3.8) is 0 Å². The van der Waals surface area contributed by atoms with Crippen molar-refractivity contribution in [2.75, 3.05) is 0 Å². The number of aromatic carboxylic acids is 1. The van der Waals surface area contributed by atoms with Crippen LogP contribution in [0.1, 0.15) is 20.8 Å². The van der Waals surface area contributed by atoms with Crippen LogP contribution in [0.5, 0.6) is 0 Å². The number of carboxylic acid groups (broad SMARTS) is 1. The molecule has 0 amide bonds. The Kier molecular flexibility index (Phi) is 4.44. The zero-order chi connectivity index (χ0) is 14.5. The minimum atomic E-state index is -1.29. The molecule has 1 heterocycles. The average molecular weight is 292 g/mol. The molecule has 0 aliphatic rings. The van der Waals surface area contributed by atoms with Gasteiger partial charge in [-0.05, 0) is 17.0 Å². The van der Waals surface area contributed by atoms with Crippen LogP contribution in [0.3, 0.4) is 0 Å². The van der Waals surface area contributed by atoms with E-state index in [-0.39, 0.29) is 17.8 Å². The molecule has 1 aromatic heterocycles. The Morgan fingerprint density at radius 3 is 2.70 bits per heavy atom. The van der Waals surface area contributed by atoms with E-state index in [9.17, 15) is 14.9 Å². The zero-order valence-electron chi connectivity index (χ0n) is 10.4. The average Bonchev–Trinajstić information content (AvgIpc) is 2.91. The summed E-state index contributed by atoms with van der Waals surface area (Å²) in [5, 5.41) is 25.1. The van der Waals surface area contributed by atoms with Crippen LogP contribution in [0.2, 0.25) is 0 Å². The highest BCUT2D eigenvalue weighted by Gasteiger charge is 2.22. The minimum absolute atomic E-state index is 0.254. The summed E-state index contributed by atoms with van der Waals surface area (Å²) in [4.78, 5) is 22.5. The fourth-order valence-corrected chi connectivity index (χ4v) is 2.54. The first-order chi connectivity index (χ1) is 9.59. The van der Waals surface area contributed by atoms with Gasteiger partial charge in [-0.25, -0.2) is 4.79 Å². The maximum absolute atomic E-state index is 11.2. The molecule has 0 unspecified atom stereocenters. The lowest BCUT2D eigenvalue weighted by molar-refractivity contribution is -0.385. The predicted octanol–water partition coefficient (Wildman–Crippen LogP) is 2.64. The van der Waals surface area contributed by atoms with Gasteiger partial charge in [0.15, 0.2) is 0 Å². The molecular formula is C13H12N2O4S. The van der Waals surface area contributed by atoms with E-state index in [1.807, 2.05) is 17.5 Å². The second kappa shape index (κ2) is 6.27. The second-order valence-electron chi connectivity index (χ2n) is 4.06. The number of carboxylic acids is 1. The van der Waals surface area contributed by atoms with Crippen LogP contribution in [-0.4, -0.2) is 16.0 Å². The van der Waals surface area contributed by atoms with Gasteiger partial charge in [-0.2, -0.15) is 0 Å². The second-order valence-corrected chi connectivity index (χ2v) is 5.09. The topological polar surface area (TPSA) is 92.5 Å². The standard InChI is InChI=1S/C13H12N2O4S/c16-13(17)12-9(3-1-5-11(12)15(18)19)7-14-8-10-4-2-6-20-10/h1-6,14H,7-8H2,(H,16,17). The normalized spacial score (nSPS) is 10.4. The van der Waals surface area contributed by atoms with Gasteiger partial charge in [0.1, 0.15) is 5.56 Å². The van der Waals surface area contributed by atoms with Crippen molar-refractivity contribution in [1.82, 2.24) is 5.32 Å². The maximum Gasteiger partial charge on any atom is 0.343 e. The van der Waals surface area contributed by atoms with Crippen molar-refractivity contribution in [2.45, 2.75) is 13.1 Å². The predicted molar refractivity (Wildman–Crippen MR) is 74.9 cm³/mol. The highest BCUT2D eigenvalue weighted by atomic mass is 32.1. The lowest BCUT2D eigenvalue weighted by Gasteiger charge is -2.07. The van der Waals surface area contributed by atoms with E-state index in [1.165, 1.54) is 12.1 Å². The summed E-state index contributed by atoms with van der Waals surface area (Å²) >= 11 is 1.59. The molecule has 0 saturated carbocycles. The number of thiophene rings is 1. The summed E-state index contributed by atoms with van der Waals surface area (Å²) in [5.74, 6) is -1.29. The molecular weight excluding hydrogens is 280 g/mol. The number of hydrogen-bond donors (Lipinski definition) is 2. The van der Waals surface area contributed by atoms with Crippen LogP contribution >= 0.6 is 11.3 Å². The molecule has 0 radical (unpaired) electrons. The quantitative estimate of drug-likeness (QED) is 0.630. The third kappa shape index (κ3) is 3.19. The van der Waals surface area contributed by atoms with E-state index >= 15 is 0 Å². The van der Waals surface area contributed by atoms with Crippen LogP contribution in [-0.2, 0) is 13.1 Å². The summed E-state index contributed by atoms with van der Waals surface area (Å²) in [6, 6.07) is 8.16. The molecule has 7 heteroatoms. The molecule has 0 fully saturated rings. The number of carbonyl (C=O) groups is 1. The van der Waals surface area contributed by atoms with Crippen LogP contribution in [0.4, 0.5) is 5.69 Å². The van der Waals surface area contributed by atoms with E-state index in [1.54, 1.807) is 17.4 Å². The third-order valence-electron chi connectivity index (χ3n) is 2.73. The molecule has 6 nitrogen and oxygen atoms in total. The molecule has 0 spiro atoms. The Bertz CT molecular complexity index is 625. The number of nitrogens with zero attached hydrogens (tertiary/aromatic N) is 1. The number of rotatable bonds is 6. The fraction of sp³-hybridized carbons (Fsp3) is 0.154. The van der Waals surface area contributed by atoms with E-state index < -0.39 is 10.9 Å². The lowest BCUT2D eigenvalue weighted by atomic mass is 10.1. The molecule has 0 saturated heterocycles. The van der Waals surface area contributed by atoms with Gasteiger partial charge in [0.2, 0.25) is 0 Å². The van der Waals surface area contributed by atoms with Crippen LogP contribution in [0, 0.1) is 10.1 Å². The van der Waals surface area contributed by atoms with Gasteiger partial charge < -0.3 is 10.4 Å². The number of nitro benzene ring substituents is 1. The minimum Gasteiger partial charge on any atom is -0.477 e. The molecule has 2 N–H and O–H groups in total. The molecule has 0 atom stereocenters. The van der Waals surface area contributed by atoms with Gasteiger partial charge in [0.25, 0.3) is 5.69 Å². The highest BCUT2D eigenvalue weighted by Crippen LogP contribution is 2.22. The van der Waals surface area contributed by atoms with E-state index in [0.29, 0.717) is 12.1 Å². The van der Waals surface area contributed by atoms with Crippen LogP contribution in [0.25, 0.3) is 0 Å². The molecule has 104 valence electrons. The van der Waals surface area contributed by atoms with Crippen molar-refractivity contribution in [3.8, 4) is 0 Å². The first-order valence-corrected chi connectivity index (χ1v) is 6.70. The molecule has 0 aliphatic carbocycles. The van der Waals surface area contributed by atoms with E-state index in [4.69, 9.17) is 5.11 Å². The summed E-state index contributed by atoms with van der Waals surface area (Å²) in [5.41, 5.74) is -0.229. The van der Waals surface area contributed by atoms with Gasteiger partial charge >= 0.3 is 5.97 Å². The van der Waals surface area contributed by atoms with E-state index in [2.05, 4.69) is 5.32 Å². The highest BCUT2D eigenvalue weighted by molar-refractivity contribution is 7.09. The Labute approximate surface area is 118 Å². The first kappa shape index (κ1) is 14.2. The van der Waals surface area contributed by atoms with Gasteiger partial charge in [-0.15, -0.1) is 11.3 Å². The summed E-state index contributed by atoms with van der Waals surface area (Å²) in [7, 11) is 0. The molecule has 2 rings (SSSR count). The maximum atomic E-state index is 11.2. The van der Waals surface area contributed by atoms with Gasteiger partial charge in [0.05, 0.1) is 4.92 Å². The smallest absolute Gasteiger partial charge is 0.343 e. The number of nitro groups is 1. The van der Waals surface area contributed by atoms with Crippen molar-refractivity contribution in [1.29, 1.82) is 0 Å².